The number of pyridine rings is 1. The number of hydrogen-bond donors (Lipinski definition) is 0. The van der Waals surface area contributed by atoms with Crippen LogP contribution in [0.1, 0.15) is 5.56 Å². The van der Waals surface area contributed by atoms with Gasteiger partial charge in [0.15, 0.2) is 5.65 Å². The van der Waals surface area contributed by atoms with E-state index in [1.807, 2.05) is 16.8 Å². The van der Waals surface area contributed by atoms with Gasteiger partial charge in [-0.15, -0.1) is 0 Å². The van der Waals surface area contributed by atoms with Crippen LogP contribution in [0.25, 0.3) is 16.6 Å². The van der Waals surface area contributed by atoms with Crippen LogP contribution in [-0.4, -0.2) is 52.4 Å². The number of aromatic nitrogens is 3. The van der Waals surface area contributed by atoms with E-state index in [1.165, 1.54) is 16.6 Å². The summed E-state index contributed by atoms with van der Waals surface area (Å²) in [5, 5.41) is 6.04. The SMILES string of the molecule is COc1ccc(N2CCN(Cn3nc4cc(C)c5ccccc5n4c3=S)CC2)cc1. The van der Waals surface area contributed by atoms with Crippen LogP contribution in [0, 0.1) is 11.7 Å². The molecule has 4 aromatic rings. The zero-order valence-electron chi connectivity index (χ0n) is 17.3. The summed E-state index contributed by atoms with van der Waals surface area (Å²) in [5.41, 5.74) is 4.49. The van der Waals surface area contributed by atoms with Crippen molar-refractivity contribution in [3.63, 3.8) is 0 Å². The number of piperazine rings is 1. The van der Waals surface area contributed by atoms with E-state index in [9.17, 15) is 0 Å². The summed E-state index contributed by atoms with van der Waals surface area (Å²) in [4.78, 5) is 4.83. The Hall–Kier alpha value is -2.90. The molecule has 0 atom stereocenters. The van der Waals surface area contributed by atoms with Crippen molar-refractivity contribution in [2.45, 2.75) is 13.6 Å². The van der Waals surface area contributed by atoms with E-state index in [0.717, 1.165) is 47.9 Å². The highest BCUT2D eigenvalue weighted by atomic mass is 32.1. The zero-order valence-corrected chi connectivity index (χ0v) is 18.1. The van der Waals surface area contributed by atoms with Gasteiger partial charge in [-0.1, -0.05) is 18.2 Å². The molecule has 2 aromatic heterocycles. The molecule has 1 aliphatic rings. The molecule has 0 unspecified atom stereocenters. The average molecular weight is 420 g/mol. The van der Waals surface area contributed by atoms with Crippen molar-refractivity contribution >= 4 is 34.5 Å². The van der Waals surface area contributed by atoms with Crippen molar-refractivity contribution in [2.24, 2.45) is 0 Å². The van der Waals surface area contributed by atoms with Gasteiger partial charge in [0.1, 0.15) is 5.75 Å². The number of methoxy groups -OCH3 is 1. The smallest absolute Gasteiger partial charge is 0.204 e. The zero-order chi connectivity index (χ0) is 20.7. The first-order valence-corrected chi connectivity index (χ1v) is 10.6. The molecule has 0 N–H and O–H groups in total. The van der Waals surface area contributed by atoms with Gasteiger partial charge in [-0.3, -0.25) is 9.30 Å². The molecule has 0 saturated carbocycles. The minimum absolute atomic E-state index is 0.713. The Bertz CT molecular complexity index is 1250. The highest BCUT2D eigenvalue weighted by Gasteiger charge is 2.19. The Morgan fingerprint density at radius 3 is 2.47 bits per heavy atom. The lowest BCUT2D eigenvalue weighted by molar-refractivity contribution is 0.195. The summed E-state index contributed by atoms with van der Waals surface area (Å²) >= 11 is 5.80. The van der Waals surface area contributed by atoms with Gasteiger partial charge in [-0.2, -0.15) is 5.10 Å². The predicted octanol–water partition coefficient (Wildman–Crippen LogP) is 4.12. The Kier molecular flexibility index (Phi) is 4.92. The number of aryl methyl sites for hydroxylation is 1. The van der Waals surface area contributed by atoms with E-state index in [4.69, 9.17) is 22.1 Å². The largest absolute Gasteiger partial charge is 0.497 e. The molecule has 154 valence electrons. The lowest BCUT2D eigenvalue weighted by atomic mass is 10.1. The summed E-state index contributed by atoms with van der Waals surface area (Å²) in [6.07, 6.45) is 0. The molecule has 1 aliphatic heterocycles. The fourth-order valence-corrected chi connectivity index (χ4v) is 4.53. The van der Waals surface area contributed by atoms with Crippen LogP contribution in [-0.2, 0) is 6.67 Å². The molecule has 1 fully saturated rings. The lowest BCUT2D eigenvalue weighted by Gasteiger charge is -2.35. The number of hydrogen-bond acceptors (Lipinski definition) is 5. The highest BCUT2D eigenvalue weighted by molar-refractivity contribution is 7.71. The second-order valence-electron chi connectivity index (χ2n) is 7.76. The van der Waals surface area contributed by atoms with Crippen LogP contribution in [0.5, 0.6) is 5.75 Å². The van der Waals surface area contributed by atoms with Crippen LogP contribution in [0.15, 0.2) is 54.6 Å². The number of benzene rings is 2. The van der Waals surface area contributed by atoms with Crippen LogP contribution in [0.3, 0.4) is 0 Å². The maximum Gasteiger partial charge on any atom is 0.204 e. The van der Waals surface area contributed by atoms with Crippen LogP contribution < -0.4 is 9.64 Å². The van der Waals surface area contributed by atoms with Crippen molar-refractivity contribution in [3.8, 4) is 5.75 Å². The van der Waals surface area contributed by atoms with E-state index in [-0.39, 0.29) is 0 Å². The molecule has 0 amide bonds. The Morgan fingerprint density at radius 1 is 1.00 bits per heavy atom. The van der Waals surface area contributed by atoms with E-state index < -0.39 is 0 Å². The van der Waals surface area contributed by atoms with Gasteiger partial charge in [0.05, 0.1) is 19.3 Å². The van der Waals surface area contributed by atoms with Crippen molar-refractivity contribution in [1.29, 1.82) is 0 Å². The minimum Gasteiger partial charge on any atom is -0.497 e. The molecule has 3 heterocycles. The van der Waals surface area contributed by atoms with Crippen molar-refractivity contribution < 1.29 is 4.74 Å². The van der Waals surface area contributed by atoms with Crippen LogP contribution >= 0.6 is 12.2 Å². The first-order chi connectivity index (χ1) is 14.6. The number of para-hydroxylation sites is 1. The first-order valence-electron chi connectivity index (χ1n) is 10.2. The van der Waals surface area contributed by atoms with Gasteiger partial charge in [-0.25, -0.2) is 4.68 Å². The summed E-state index contributed by atoms with van der Waals surface area (Å²) in [7, 11) is 1.70. The average Bonchev–Trinajstić information content (AvgIpc) is 3.09. The fraction of sp³-hybridized carbons (Fsp3) is 0.304. The van der Waals surface area contributed by atoms with Gasteiger partial charge in [0.2, 0.25) is 4.77 Å². The maximum atomic E-state index is 5.80. The van der Waals surface area contributed by atoms with Gasteiger partial charge in [0.25, 0.3) is 0 Å². The quantitative estimate of drug-likeness (QED) is 0.465. The summed E-state index contributed by atoms with van der Waals surface area (Å²) in [6, 6.07) is 18.8. The molecule has 5 rings (SSSR count). The van der Waals surface area contributed by atoms with Crippen molar-refractivity contribution in [2.75, 3.05) is 38.2 Å². The van der Waals surface area contributed by atoms with Crippen LogP contribution in [0.2, 0.25) is 0 Å². The fourth-order valence-electron chi connectivity index (χ4n) is 4.24. The van der Waals surface area contributed by atoms with Gasteiger partial charge < -0.3 is 9.64 Å². The number of rotatable bonds is 4. The number of ether oxygens (including phenoxy) is 1. The topological polar surface area (TPSA) is 37.9 Å². The standard InChI is InChI=1S/C23H25N5OS/c1-17-15-22-24-27(23(30)28(22)21-6-4-3-5-20(17)21)16-25-11-13-26(14-12-25)18-7-9-19(29-2)10-8-18/h3-10,15H,11-14,16H2,1-2H3. The molecule has 2 aromatic carbocycles. The monoisotopic (exact) mass is 419 g/mol. The summed E-state index contributed by atoms with van der Waals surface area (Å²) in [5.74, 6) is 0.890. The molecule has 0 aliphatic carbocycles. The molecular weight excluding hydrogens is 394 g/mol. The third-order valence-corrected chi connectivity index (χ3v) is 6.32. The van der Waals surface area contributed by atoms with Crippen molar-refractivity contribution in [1.82, 2.24) is 19.1 Å². The lowest BCUT2D eigenvalue weighted by Crippen LogP contribution is -2.46. The molecule has 7 heteroatoms. The van der Waals surface area contributed by atoms with Gasteiger partial charge in [-0.05, 0) is 61.1 Å². The van der Waals surface area contributed by atoms with E-state index in [1.54, 1.807) is 7.11 Å². The van der Waals surface area contributed by atoms with E-state index >= 15 is 0 Å². The first kappa shape index (κ1) is 19.1. The third-order valence-electron chi connectivity index (χ3n) is 5.92. The summed E-state index contributed by atoms with van der Waals surface area (Å²) < 4.78 is 10.1. The molecular formula is C23H25N5OS. The molecule has 30 heavy (non-hydrogen) atoms. The minimum atomic E-state index is 0.713. The van der Waals surface area contributed by atoms with Crippen LogP contribution in [0.4, 0.5) is 5.69 Å². The normalized spacial score (nSPS) is 15.2. The summed E-state index contributed by atoms with van der Waals surface area (Å²) in [6.45, 7) is 6.75. The van der Waals surface area contributed by atoms with E-state index in [2.05, 4.69) is 63.6 Å². The number of fused-ring (bicyclic) bond motifs is 3. The molecule has 6 nitrogen and oxygen atoms in total. The predicted molar refractivity (Wildman–Crippen MR) is 123 cm³/mol. The van der Waals surface area contributed by atoms with Crippen molar-refractivity contribution in [3.05, 3.63) is 64.9 Å². The molecule has 1 saturated heterocycles. The number of nitrogens with zero attached hydrogens (tertiary/aromatic N) is 5. The number of anilines is 1. The molecule has 0 spiro atoms. The van der Waals surface area contributed by atoms with Gasteiger partial charge >= 0.3 is 0 Å². The van der Waals surface area contributed by atoms with Gasteiger partial charge in [0, 0.05) is 37.3 Å². The molecule has 0 bridgehead atoms. The Balaban J connectivity index is 1.35. The maximum absolute atomic E-state index is 5.80. The highest BCUT2D eigenvalue weighted by Crippen LogP contribution is 2.23. The second kappa shape index (κ2) is 7.74. The third kappa shape index (κ3) is 3.34. The Morgan fingerprint density at radius 2 is 1.73 bits per heavy atom. The Labute approximate surface area is 180 Å². The van der Waals surface area contributed by atoms with E-state index in [0.29, 0.717) is 6.67 Å². The second-order valence-corrected chi connectivity index (χ2v) is 8.13. The molecule has 0 radical (unpaired) electrons.